The van der Waals surface area contributed by atoms with E-state index in [1.165, 1.54) is 0 Å². The molecular formula is C24H21N7O. The van der Waals surface area contributed by atoms with Crippen LogP contribution in [0.4, 0.5) is 5.82 Å². The number of nitrogen functional groups attached to an aromatic ring is 1. The van der Waals surface area contributed by atoms with Crippen LogP contribution in [0.3, 0.4) is 0 Å². The lowest BCUT2D eigenvalue weighted by Gasteiger charge is -2.27. The third-order valence-electron chi connectivity index (χ3n) is 5.31. The molecule has 158 valence electrons. The molecule has 0 aliphatic carbocycles. The van der Waals surface area contributed by atoms with E-state index in [9.17, 15) is 4.79 Å². The van der Waals surface area contributed by atoms with Crippen LogP contribution in [-0.4, -0.2) is 56.6 Å². The summed E-state index contributed by atoms with van der Waals surface area (Å²) in [6, 6.07) is 14.9. The highest BCUT2D eigenvalue weighted by Gasteiger charge is 2.18. The Labute approximate surface area is 185 Å². The topological polar surface area (TPSA) is 101 Å². The molecule has 0 atom stereocenters. The van der Waals surface area contributed by atoms with Gasteiger partial charge in [-0.3, -0.25) is 4.79 Å². The fourth-order valence-electron chi connectivity index (χ4n) is 3.61. The lowest BCUT2D eigenvalue weighted by atomic mass is 10.1. The second-order valence-electron chi connectivity index (χ2n) is 7.47. The van der Waals surface area contributed by atoms with Crippen molar-refractivity contribution in [1.29, 1.82) is 0 Å². The van der Waals surface area contributed by atoms with Crippen molar-refractivity contribution in [2.75, 3.05) is 31.9 Å². The first-order valence-electron chi connectivity index (χ1n) is 10.4. The van der Waals surface area contributed by atoms with Gasteiger partial charge in [0.2, 0.25) is 0 Å². The predicted molar refractivity (Wildman–Crippen MR) is 122 cm³/mol. The van der Waals surface area contributed by atoms with Crippen molar-refractivity contribution in [3.8, 4) is 23.1 Å². The number of fused-ring (bicyclic) bond motifs is 1. The van der Waals surface area contributed by atoms with E-state index in [0.29, 0.717) is 22.7 Å². The molecule has 4 heterocycles. The molecule has 0 saturated carbocycles. The van der Waals surface area contributed by atoms with Crippen LogP contribution in [-0.2, 0) is 0 Å². The van der Waals surface area contributed by atoms with Crippen LogP contribution in [0.2, 0.25) is 0 Å². The van der Waals surface area contributed by atoms with E-state index in [0.717, 1.165) is 43.0 Å². The Bertz CT molecular complexity index is 1340. The van der Waals surface area contributed by atoms with Gasteiger partial charge in [-0.2, -0.15) is 5.10 Å². The summed E-state index contributed by atoms with van der Waals surface area (Å²) in [6.07, 6.45) is 3.32. The number of imidazole rings is 1. The predicted octanol–water partition coefficient (Wildman–Crippen LogP) is 1.82. The summed E-state index contributed by atoms with van der Waals surface area (Å²) >= 11 is 0. The van der Waals surface area contributed by atoms with Gasteiger partial charge in [-0.15, -0.1) is 0 Å². The molecule has 5 rings (SSSR count). The summed E-state index contributed by atoms with van der Waals surface area (Å²) in [5, 5.41) is 7.97. The Morgan fingerprint density at radius 3 is 2.59 bits per heavy atom. The molecule has 0 spiro atoms. The molecule has 1 aliphatic rings. The zero-order chi connectivity index (χ0) is 21.9. The Morgan fingerprint density at radius 2 is 1.81 bits per heavy atom. The second kappa shape index (κ2) is 8.49. The first-order valence-corrected chi connectivity index (χ1v) is 10.4. The fourth-order valence-corrected chi connectivity index (χ4v) is 3.61. The van der Waals surface area contributed by atoms with Crippen LogP contribution in [0.25, 0.3) is 16.9 Å². The van der Waals surface area contributed by atoms with Crippen molar-refractivity contribution in [1.82, 2.24) is 29.8 Å². The lowest BCUT2D eigenvalue weighted by molar-refractivity contribution is 0.0736. The van der Waals surface area contributed by atoms with Crippen LogP contribution in [0, 0.1) is 11.8 Å². The lowest BCUT2D eigenvalue weighted by Crippen LogP contribution is -2.46. The van der Waals surface area contributed by atoms with Gasteiger partial charge < -0.3 is 16.0 Å². The van der Waals surface area contributed by atoms with Crippen LogP contribution in [0.5, 0.6) is 0 Å². The molecular weight excluding hydrogens is 402 g/mol. The van der Waals surface area contributed by atoms with Gasteiger partial charge in [-0.05, 0) is 42.3 Å². The number of nitrogens with one attached hydrogen (secondary N) is 1. The van der Waals surface area contributed by atoms with Gasteiger partial charge in [0.25, 0.3) is 5.91 Å². The molecule has 3 aromatic heterocycles. The van der Waals surface area contributed by atoms with Gasteiger partial charge >= 0.3 is 0 Å². The summed E-state index contributed by atoms with van der Waals surface area (Å²) in [6.45, 7) is 3.13. The van der Waals surface area contributed by atoms with Gasteiger partial charge in [0.15, 0.2) is 5.65 Å². The number of hydrogen-bond donors (Lipinski definition) is 2. The summed E-state index contributed by atoms with van der Waals surface area (Å²) in [5.74, 6) is 6.66. The van der Waals surface area contributed by atoms with Gasteiger partial charge in [0.1, 0.15) is 11.5 Å². The van der Waals surface area contributed by atoms with E-state index in [2.05, 4.69) is 27.1 Å². The number of carbonyl (C=O) groups excluding carboxylic acids is 1. The van der Waals surface area contributed by atoms with E-state index >= 15 is 0 Å². The zero-order valence-electron chi connectivity index (χ0n) is 17.3. The minimum Gasteiger partial charge on any atom is -0.384 e. The smallest absolute Gasteiger partial charge is 0.253 e. The first kappa shape index (κ1) is 19.7. The average Bonchev–Trinajstić information content (AvgIpc) is 3.25. The zero-order valence-corrected chi connectivity index (χ0v) is 17.3. The molecule has 1 saturated heterocycles. The van der Waals surface area contributed by atoms with Crippen molar-refractivity contribution in [2.24, 2.45) is 0 Å². The number of piperazine rings is 1. The van der Waals surface area contributed by atoms with Crippen molar-refractivity contribution in [2.45, 2.75) is 0 Å². The summed E-state index contributed by atoms with van der Waals surface area (Å²) in [7, 11) is 0. The molecule has 8 heteroatoms. The van der Waals surface area contributed by atoms with Crippen molar-refractivity contribution in [3.63, 3.8) is 0 Å². The van der Waals surface area contributed by atoms with Crippen molar-refractivity contribution in [3.05, 3.63) is 77.7 Å². The van der Waals surface area contributed by atoms with Crippen molar-refractivity contribution < 1.29 is 4.79 Å². The number of hydrogen-bond acceptors (Lipinski definition) is 6. The van der Waals surface area contributed by atoms with Crippen LogP contribution in [0.1, 0.15) is 21.6 Å². The highest BCUT2D eigenvalue weighted by molar-refractivity contribution is 5.94. The monoisotopic (exact) mass is 423 g/mol. The second-order valence-corrected chi connectivity index (χ2v) is 7.47. The summed E-state index contributed by atoms with van der Waals surface area (Å²) in [4.78, 5) is 22.9. The fraction of sp³-hybridized carbons (Fsp3) is 0.167. The van der Waals surface area contributed by atoms with E-state index in [1.54, 1.807) is 29.0 Å². The number of pyridine rings is 1. The largest absolute Gasteiger partial charge is 0.384 e. The minimum absolute atomic E-state index is 0.0605. The SMILES string of the molecule is Nc1cc(C#Cc2cnc3ccc(-c4ccc(C(=O)N5CCNCC5)cc4)nn23)ccn1. The third-order valence-corrected chi connectivity index (χ3v) is 5.31. The summed E-state index contributed by atoms with van der Waals surface area (Å²) in [5.41, 5.74) is 10.2. The molecule has 4 aromatic rings. The summed E-state index contributed by atoms with van der Waals surface area (Å²) < 4.78 is 1.71. The van der Waals surface area contributed by atoms with E-state index in [1.807, 2.05) is 41.3 Å². The number of aromatic nitrogens is 4. The molecule has 8 nitrogen and oxygen atoms in total. The Morgan fingerprint density at radius 1 is 1.00 bits per heavy atom. The van der Waals surface area contributed by atoms with Gasteiger partial charge in [0.05, 0.1) is 11.9 Å². The number of nitrogens with zero attached hydrogens (tertiary/aromatic N) is 5. The maximum Gasteiger partial charge on any atom is 0.253 e. The molecule has 1 aromatic carbocycles. The van der Waals surface area contributed by atoms with E-state index in [-0.39, 0.29) is 5.91 Å². The maximum atomic E-state index is 12.7. The van der Waals surface area contributed by atoms with Crippen molar-refractivity contribution >= 4 is 17.4 Å². The van der Waals surface area contributed by atoms with Crippen LogP contribution >= 0.6 is 0 Å². The Hall–Kier alpha value is -4.22. The molecule has 0 radical (unpaired) electrons. The highest BCUT2D eigenvalue weighted by atomic mass is 16.2. The number of anilines is 1. The number of rotatable bonds is 2. The Balaban J connectivity index is 1.41. The Kier molecular flexibility index (Phi) is 5.24. The average molecular weight is 423 g/mol. The molecule has 0 bridgehead atoms. The number of nitrogens with two attached hydrogens (primary N) is 1. The normalized spacial score (nSPS) is 13.6. The maximum absolute atomic E-state index is 12.7. The molecule has 0 unspecified atom stereocenters. The first-order chi connectivity index (χ1) is 15.7. The van der Waals surface area contributed by atoms with Crippen LogP contribution in [0.15, 0.2) is 60.9 Å². The highest BCUT2D eigenvalue weighted by Crippen LogP contribution is 2.19. The van der Waals surface area contributed by atoms with Gasteiger partial charge in [-0.1, -0.05) is 18.1 Å². The molecule has 1 fully saturated rings. The number of amides is 1. The molecule has 1 aliphatic heterocycles. The quantitative estimate of drug-likeness (QED) is 0.477. The standard InChI is InChI=1S/C24H21N7O/c25-22-15-17(9-10-27-22)1-6-20-16-28-23-8-7-21(29-31(20)23)18-2-4-19(5-3-18)24(32)30-13-11-26-12-14-30/h2-5,7-10,15-16,26H,11-14H2,(H2,25,27). The van der Waals surface area contributed by atoms with Crippen LogP contribution < -0.4 is 11.1 Å². The van der Waals surface area contributed by atoms with Gasteiger partial charge in [0, 0.05) is 49.1 Å². The van der Waals surface area contributed by atoms with E-state index < -0.39 is 0 Å². The van der Waals surface area contributed by atoms with E-state index in [4.69, 9.17) is 10.8 Å². The van der Waals surface area contributed by atoms with Gasteiger partial charge in [-0.25, -0.2) is 14.5 Å². The number of benzene rings is 1. The molecule has 32 heavy (non-hydrogen) atoms. The molecule has 1 amide bonds. The number of carbonyl (C=O) groups is 1. The molecule has 3 N–H and O–H groups in total. The minimum atomic E-state index is 0.0605. The third kappa shape index (κ3) is 4.02.